The van der Waals surface area contributed by atoms with E-state index in [1.165, 1.54) is 16.8 Å². The summed E-state index contributed by atoms with van der Waals surface area (Å²) in [7, 11) is 0. The van der Waals surface area contributed by atoms with E-state index >= 15 is 0 Å². The normalized spacial score (nSPS) is 17.7. The number of aryl methyl sites for hydroxylation is 1. The highest BCUT2D eigenvalue weighted by atomic mass is 35.5. The highest BCUT2D eigenvalue weighted by molar-refractivity contribution is 6.30. The van der Waals surface area contributed by atoms with Crippen molar-refractivity contribution < 1.29 is 0 Å². The molecule has 1 saturated heterocycles. The van der Waals surface area contributed by atoms with Crippen LogP contribution in [0.2, 0.25) is 5.02 Å². The maximum absolute atomic E-state index is 6.23. The Morgan fingerprint density at radius 2 is 1.90 bits per heavy atom. The molecule has 29 heavy (non-hydrogen) atoms. The van der Waals surface area contributed by atoms with Crippen LogP contribution in [0.25, 0.3) is 16.6 Å². The Morgan fingerprint density at radius 1 is 1.07 bits per heavy atom. The van der Waals surface area contributed by atoms with Gasteiger partial charge in [0.05, 0.1) is 11.1 Å². The maximum Gasteiger partial charge on any atom is 0.186 e. The van der Waals surface area contributed by atoms with Crippen LogP contribution in [0.3, 0.4) is 0 Å². The number of piperazine rings is 1. The van der Waals surface area contributed by atoms with E-state index in [1.54, 1.807) is 6.33 Å². The lowest BCUT2D eigenvalue weighted by Crippen LogP contribution is -2.47. The van der Waals surface area contributed by atoms with Crippen LogP contribution in [0.1, 0.15) is 17.7 Å². The molecular weight excluding hydrogens is 386 g/mol. The lowest BCUT2D eigenvalue weighted by molar-refractivity contribution is 0.647. The Bertz CT molecular complexity index is 1070. The molecule has 2 N–H and O–H groups in total. The third-order valence-corrected chi connectivity index (χ3v) is 6.04. The van der Waals surface area contributed by atoms with E-state index in [-0.39, 0.29) is 0 Å². The van der Waals surface area contributed by atoms with Crippen LogP contribution >= 0.6 is 11.6 Å². The third-order valence-electron chi connectivity index (χ3n) is 5.81. The molecule has 0 saturated carbocycles. The van der Waals surface area contributed by atoms with Gasteiger partial charge in [0.1, 0.15) is 12.1 Å². The summed E-state index contributed by atoms with van der Waals surface area (Å²) in [6, 6.07) is 6.10. The predicted octanol–water partition coefficient (Wildman–Crippen LogP) is 3.02. The van der Waals surface area contributed by atoms with Gasteiger partial charge in [-0.2, -0.15) is 5.10 Å². The second-order valence-corrected chi connectivity index (χ2v) is 8.02. The Morgan fingerprint density at radius 3 is 2.69 bits per heavy atom. The Labute approximate surface area is 174 Å². The van der Waals surface area contributed by atoms with E-state index in [2.05, 4.69) is 60.4 Å². The van der Waals surface area contributed by atoms with Crippen molar-refractivity contribution in [1.82, 2.24) is 25.5 Å². The fraction of sp³-hybridized carbons (Fsp3) is 0.381. The van der Waals surface area contributed by atoms with E-state index < -0.39 is 0 Å². The van der Waals surface area contributed by atoms with Crippen LogP contribution < -0.4 is 15.1 Å². The van der Waals surface area contributed by atoms with Crippen molar-refractivity contribution in [2.24, 2.45) is 0 Å². The molecule has 2 aromatic heterocycles. The van der Waals surface area contributed by atoms with Gasteiger partial charge in [0.2, 0.25) is 0 Å². The monoisotopic (exact) mass is 409 g/mol. The molecule has 0 bridgehead atoms. The van der Waals surface area contributed by atoms with Crippen LogP contribution in [0, 0.1) is 6.92 Å². The molecule has 5 rings (SSSR count). The first-order chi connectivity index (χ1) is 14.2. The average molecular weight is 410 g/mol. The van der Waals surface area contributed by atoms with Crippen molar-refractivity contribution in [3.8, 4) is 0 Å². The number of H-pyrrole nitrogens is 1. The molecule has 7 nitrogen and oxygen atoms in total. The standard InChI is InChI=1S/C21H24ClN7/c1-14-2-3-16(22)12-17(14)28-8-10-29(11-9-28)21-18-19(15-4-6-23-7-5-15)26-27-20(18)24-13-25-21/h2-4,12-13,23H,5-11H2,1H3,(H,24,25,26,27). The Hall–Kier alpha value is -2.64. The van der Waals surface area contributed by atoms with Gasteiger partial charge in [-0.25, -0.2) is 9.97 Å². The smallest absolute Gasteiger partial charge is 0.186 e. The van der Waals surface area contributed by atoms with E-state index in [1.807, 2.05) is 6.07 Å². The van der Waals surface area contributed by atoms with Crippen molar-refractivity contribution in [2.45, 2.75) is 13.3 Å². The van der Waals surface area contributed by atoms with Gasteiger partial charge in [-0.05, 0) is 43.2 Å². The second kappa shape index (κ2) is 7.65. The molecule has 0 aliphatic carbocycles. The summed E-state index contributed by atoms with van der Waals surface area (Å²) in [5.74, 6) is 0.973. The lowest BCUT2D eigenvalue weighted by atomic mass is 10.0. The zero-order valence-corrected chi connectivity index (χ0v) is 17.2. The molecule has 2 aliphatic heterocycles. The highest BCUT2D eigenvalue weighted by Crippen LogP contribution is 2.32. The Kier molecular flexibility index (Phi) is 4.85. The molecule has 4 heterocycles. The van der Waals surface area contributed by atoms with Gasteiger partial charge < -0.3 is 15.1 Å². The van der Waals surface area contributed by atoms with Gasteiger partial charge in [0.25, 0.3) is 0 Å². The van der Waals surface area contributed by atoms with Crippen LogP contribution in [0.5, 0.6) is 0 Å². The third kappa shape index (κ3) is 3.45. The highest BCUT2D eigenvalue weighted by Gasteiger charge is 2.24. The quantitative estimate of drug-likeness (QED) is 0.692. The fourth-order valence-corrected chi connectivity index (χ4v) is 4.41. The number of aromatic amines is 1. The molecule has 1 fully saturated rings. The molecule has 0 amide bonds. The number of fused-ring (bicyclic) bond motifs is 1. The fourth-order valence-electron chi connectivity index (χ4n) is 4.24. The summed E-state index contributed by atoms with van der Waals surface area (Å²) in [5, 5.41) is 12.8. The molecule has 0 unspecified atom stereocenters. The first kappa shape index (κ1) is 18.4. The number of anilines is 2. The summed E-state index contributed by atoms with van der Waals surface area (Å²) in [4.78, 5) is 13.8. The number of aromatic nitrogens is 4. The second-order valence-electron chi connectivity index (χ2n) is 7.58. The van der Waals surface area contributed by atoms with Gasteiger partial charge in [0.15, 0.2) is 5.65 Å². The topological polar surface area (TPSA) is 73.0 Å². The van der Waals surface area contributed by atoms with Gasteiger partial charge in [-0.15, -0.1) is 0 Å². The number of nitrogens with zero attached hydrogens (tertiary/aromatic N) is 5. The SMILES string of the molecule is Cc1ccc(Cl)cc1N1CCN(c2ncnc3n[nH]c(C4=CCNCC4)c23)CC1. The summed E-state index contributed by atoms with van der Waals surface area (Å²) in [6.07, 6.45) is 4.83. The number of hydrogen-bond acceptors (Lipinski definition) is 6. The first-order valence-corrected chi connectivity index (χ1v) is 10.4. The Balaban J connectivity index is 1.43. The molecule has 3 aromatic rings. The number of benzene rings is 1. The van der Waals surface area contributed by atoms with Gasteiger partial charge in [0, 0.05) is 43.4 Å². The van der Waals surface area contributed by atoms with Crippen molar-refractivity contribution in [2.75, 3.05) is 49.1 Å². The summed E-state index contributed by atoms with van der Waals surface area (Å²) in [5.41, 5.74) is 5.55. The average Bonchev–Trinajstić information content (AvgIpc) is 3.21. The minimum absolute atomic E-state index is 0.734. The molecule has 0 spiro atoms. The van der Waals surface area contributed by atoms with E-state index in [4.69, 9.17) is 11.6 Å². The largest absolute Gasteiger partial charge is 0.368 e. The van der Waals surface area contributed by atoms with Crippen LogP contribution in [0.4, 0.5) is 11.5 Å². The lowest BCUT2D eigenvalue weighted by Gasteiger charge is -2.37. The number of halogens is 1. The zero-order valence-electron chi connectivity index (χ0n) is 16.5. The zero-order chi connectivity index (χ0) is 19.8. The predicted molar refractivity (Wildman–Crippen MR) is 118 cm³/mol. The van der Waals surface area contributed by atoms with Gasteiger partial charge in [-0.3, -0.25) is 5.10 Å². The molecule has 1 aromatic carbocycles. The van der Waals surface area contributed by atoms with Gasteiger partial charge in [-0.1, -0.05) is 23.7 Å². The van der Waals surface area contributed by atoms with Crippen LogP contribution in [-0.4, -0.2) is 59.4 Å². The summed E-state index contributed by atoms with van der Waals surface area (Å²) < 4.78 is 0. The number of rotatable bonds is 3. The molecule has 0 atom stereocenters. The minimum Gasteiger partial charge on any atom is -0.368 e. The summed E-state index contributed by atoms with van der Waals surface area (Å²) in [6.45, 7) is 7.63. The molecular formula is C21H24ClN7. The summed E-state index contributed by atoms with van der Waals surface area (Å²) >= 11 is 6.23. The van der Waals surface area contributed by atoms with Crippen molar-refractivity contribution in [1.29, 1.82) is 0 Å². The van der Waals surface area contributed by atoms with E-state index in [9.17, 15) is 0 Å². The van der Waals surface area contributed by atoms with Crippen molar-refractivity contribution >= 4 is 39.7 Å². The van der Waals surface area contributed by atoms with Gasteiger partial charge >= 0.3 is 0 Å². The number of nitrogens with one attached hydrogen (secondary N) is 2. The van der Waals surface area contributed by atoms with Crippen molar-refractivity contribution in [3.63, 3.8) is 0 Å². The minimum atomic E-state index is 0.734. The van der Waals surface area contributed by atoms with Crippen molar-refractivity contribution in [3.05, 3.63) is 46.9 Å². The van der Waals surface area contributed by atoms with E-state index in [0.717, 1.165) is 73.3 Å². The molecule has 8 heteroatoms. The first-order valence-electron chi connectivity index (χ1n) is 10.1. The maximum atomic E-state index is 6.23. The molecule has 2 aliphatic rings. The molecule has 150 valence electrons. The van der Waals surface area contributed by atoms with Crippen LogP contribution in [0.15, 0.2) is 30.6 Å². The number of hydrogen-bond donors (Lipinski definition) is 2. The van der Waals surface area contributed by atoms with E-state index in [0.29, 0.717) is 0 Å². The van der Waals surface area contributed by atoms with Crippen LogP contribution in [-0.2, 0) is 0 Å². The molecule has 0 radical (unpaired) electrons.